The van der Waals surface area contributed by atoms with E-state index in [1.54, 1.807) is 67.0 Å². The van der Waals surface area contributed by atoms with E-state index in [9.17, 15) is 14.4 Å². The molecule has 0 fully saturated rings. The first-order valence-electron chi connectivity index (χ1n) is 9.64. The van der Waals surface area contributed by atoms with Crippen molar-refractivity contribution in [2.24, 2.45) is 0 Å². The van der Waals surface area contributed by atoms with E-state index >= 15 is 0 Å². The lowest BCUT2D eigenvalue weighted by molar-refractivity contribution is 0.0928. The molecule has 31 heavy (non-hydrogen) atoms. The van der Waals surface area contributed by atoms with Crippen molar-refractivity contribution in [3.63, 3.8) is 0 Å². The van der Waals surface area contributed by atoms with Gasteiger partial charge in [0.25, 0.3) is 17.4 Å². The van der Waals surface area contributed by atoms with Crippen molar-refractivity contribution in [3.8, 4) is 5.69 Å². The highest BCUT2D eigenvalue weighted by molar-refractivity contribution is 6.35. The number of nitrogens with zero attached hydrogens (tertiary/aromatic N) is 1. The minimum Gasteiger partial charge on any atom is -0.360 e. The van der Waals surface area contributed by atoms with Crippen molar-refractivity contribution < 1.29 is 9.59 Å². The van der Waals surface area contributed by atoms with E-state index in [-0.39, 0.29) is 30.5 Å². The summed E-state index contributed by atoms with van der Waals surface area (Å²) in [4.78, 5) is 39.5. The van der Waals surface area contributed by atoms with Gasteiger partial charge in [0.05, 0.1) is 5.02 Å². The fourth-order valence-electron chi connectivity index (χ4n) is 3.20. The molecular formula is C23H19ClN4O3. The number of fused-ring (bicyclic) bond motifs is 1. The van der Waals surface area contributed by atoms with Crippen LogP contribution in [0.15, 0.2) is 77.9 Å². The lowest BCUT2D eigenvalue weighted by Crippen LogP contribution is -2.34. The van der Waals surface area contributed by atoms with E-state index in [1.165, 1.54) is 10.6 Å². The summed E-state index contributed by atoms with van der Waals surface area (Å²) >= 11 is 6.05. The molecule has 0 aliphatic heterocycles. The Morgan fingerprint density at radius 2 is 1.58 bits per heavy atom. The molecule has 3 N–H and O–H groups in total. The molecule has 0 aliphatic carbocycles. The molecule has 4 aromatic rings. The van der Waals surface area contributed by atoms with Gasteiger partial charge in [0, 0.05) is 59.3 Å². The predicted molar refractivity (Wildman–Crippen MR) is 120 cm³/mol. The Morgan fingerprint density at radius 1 is 0.903 bits per heavy atom. The quantitative estimate of drug-likeness (QED) is 0.407. The van der Waals surface area contributed by atoms with Gasteiger partial charge in [-0.3, -0.25) is 19.0 Å². The lowest BCUT2D eigenvalue weighted by atomic mass is 10.1. The van der Waals surface area contributed by atoms with Crippen molar-refractivity contribution in [1.82, 2.24) is 20.2 Å². The number of hydrogen-bond donors (Lipinski definition) is 3. The predicted octanol–water partition coefficient (Wildman–Crippen LogP) is 3.13. The number of carbonyl (C=O) groups excluding carboxylic acids is 2. The topological polar surface area (TPSA) is 96.0 Å². The van der Waals surface area contributed by atoms with Gasteiger partial charge in [0.1, 0.15) is 0 Å². The van der Waals surface area contributed by atoms with E-state index in [4.69, 9.17) is 11.6 Å². The first-order valence-corrected chi connectivity index (χ1v) is 10.0. The van der Waals surface area contributed by atoms with Gasteiger partial charge in [-0.25, -0.2) is 0 Å². The fourth-order valence-corrected chi connectivity index (χ4v) is 3.42. The van der Waals surface area contributed by atoms with Gasteiger partial charge in [-0.2, -0.15) is 0 Å². The zero-order valence-electron chi connectivity index (χ0n) is 16.4. The first kappa shape index (κ1) is 20.4. The molecule has 0 aliphatic rings. The van der Waals surface area contributed by atoms with Gasteiger partial charge in [-0.05, 0) is 42.5 Å². The number of benzene rings is 2. The monoisotopic (exact) mass is 434 g/mol. The van der Waals surface area contributed by atoms with Crippen LogP contribution in [0.1, 0.15) is 20.7 Å². The SMILES string of the molecule is O=C(NCCNC(=O)c1ccc2c(Cl)c[nH]c2c1)c1ccc(-n2ccccc2=O)cc1. The molecule has 2 amide bonds. The zero-order chi connectivity index (χ0) is 21.8. The average Bonchev–Trinajstić information content (AvgIpc) is 3.17. The number of rotatable bonds is 6. The van der Waals surface area contributed by atoms with Crippen LogP contribution in [-0.2, 0) is 0 Å². The maximum absolute atomic E-state index is 12.3. The van der Waals surface area contributed by atoms with Crippen molar-refractivity contribution in [3.05, 3.63) is 99.6 Å². The number of nitrogens with one attached hydrogen (secondary N) is 3. The van der Waals surface area contributed by atoms with Crippen molar-refractivity contribution in [2.45, 2.75) is 0 Å². The lowest BCUT2D eigenvalue weighted by Gasteiger charge is -2.09. The Hall–Kier alpha value is -3.84. The average molecular weight is 435 g/mol. The second-order valence-electron chi connectivity index (χ2n) is 6.86. The third kappa shape index (κ3) is 4.51. The van der Waals surface area contributed by atoms with Crippen molar-refractivity contribution in [2.75, 3.05) is 13.1 Å². The van der Waals surface area contributed by atoms with E-state index in [0.29, 0.717) is 21.8 Å². The normalized spacial score (nSPS) is 10.7. The third-order valence-corrected chi connectivity index (χ3v) is 5.13. The highest BCUT2D eigenvalue weighted by Crippen LogP contribution is 2.23. The summed E-state index contributed by atoms with van der Waals surface area (Å²) < 4.78 is 1.50. The zero-order valence-corrected chi connectivity index (χ0v) is 17.1. The molecule has 8 heteroatoms. The number of hydrogen-bond acceptors (Lipinski definition) is 3. The molecular weight excluding hydrogens is 416 g/mol. The summed E-state index contributed by atoms with van der Waals surface area (Å²) in [5.41, 5.74) is 2.29. The number of carbonyl (C=O) groups is 2. The second-order valence-corrected chi connectivity index (χ2v) is 7.27. The van der Waals surface area contributed by atoms with Gasteiger partial charge >= 0.3 is 0 Å². The molecule has 0 radical (unpaired) electrons. The summed E-state index contributed by atoms with van der Waals surface area (Å²) in [6.07, 6.45) is 3.34. The molecule has 0 atom stereocenters. The molecule has 2 heterocycles. The summed E-state index contributed by atoms with van der Waals surface area (Å²) in [7, 11) is 0. The van der Waals surface area contributed by atoms with Crippen molar-refractivity contribution in [1.29, 1.82) is 0 Å². The van der Waals surface area contributed by atoms with E-state index in [1.807, 2.05) is 0 Å². The maximum Gasteiger partial charge on any atom is 0.255 e. The number of H-pyrrole nitrogens is 1. The molecule has 156 valence electrons. The Bertz CT molecular complexity index is 1310. The van der Waals surface area contributed by atoms with Crippen LogP contribution in [-0.4, -0.2) is 34.5 Å². The maximum atomic E-state index is 12.3. The Balaban J connectivity index is 1.29. The Kier molecular flexibility index (Phi) is 5.86. The molecule has 0 saturated heterocycles. The van der Waals surface area contributed by atoms with Crippen LogP contribution < -0.4 is 16.2 Å². The number of pyridine rings is 1. The van der Waals surface area contributed by atoms with Gasteiger partial charge in [0.2, 0.25) is 0 Å². The van der Waals surface area contributed by atoms with Crippen LogP contribution in [0.3, 0.4) is 0 Å². The van der Waals surface area contributed by atoms with Crippen LogP contribution in [0.4, 0.5) is 0 Å². The summed E-state index contributed by atoms with van der Waals surface area (Å²) in [6, 6.07) is 16.9. The fraction of sp³-hybridized carbons (Fsp3) is 0.0870. The highest BCUT2D eigenvalue weighted by Gasteiger charge is 2.09. The van der Waals surface area contributed by atoms with Gasteiger partial charge in [0.15, 0.2) is 0 Å². The van der Waals surface area contributed by atoms with E-state index < -0.39 is 0 Å². The van der Waals surface area contributed by atoms with Gasteiger partial charge in [-0.1, -0.05) is 23.7 Å². The molecule has 0 bridgehead atoms. The largest absolute Gasteiger partial charge is 0.360 e. The third-order valence-electron chi connectivity index (χ3n) is 4.82. The van der Waals surface area contributed by atoms with Crippen LogP contribution >= 0.6 is 11.6 Å². The van der Waals surface area contributed by atoms with Gasteiger partial charge < -0.3 is 15.6 Å². The molecule has 7 nitrogen and oxygen atoms in total. The Labute approximate surface area is 182 Å². The smallest absolute Gasteiger partial charge is 0.255 e. The molecule has 0 spiro atoms. The number of aromatic nitrogens is 2. The minimum absolute atomic E-state index is 0.144. The van der Waals surface area contributed by atoms with Crippen LogP contribution in [0.25, 0.3) is 16.6 Å². The van der Waals surface area contributed by atoms with Crippen LogP contribution in [0.5, 0.6) is 0 Å². The number of aromatic amines is 1. The molecule has 0 unspecified atom stereocenters. The summed E-state index contributed by atoms with van der Waals surface area (Å²) in [6.45, 7) is 0.562. The standard InChI is InChI=1S/C23H19ClN4O3/c24-19-14-27-20-13-16(6-9-18(19)20)23(31)26-11-10-25-22(30)15-4-7-17(8-5-15)28-12-2-1-3-21(28)29/h1-9,12-14,27H,10-11H2,(H,25,30)(H,26,31). The second kappa shape index (κ2) is 8.89. The van der Waals surface area contributed by atoms with Crippen molar-refractivity contribution >= 4 is 34.3 Å². The summed E-state index contributed by atoms with van der Waals surface area (Å²) in [5, 5.41) is 7.00. The number of halogens is 1. The van der Waals surface area contributed by atoms with Crippen LogP contribution in [0, 0.1) is 0 Å². The molecule has 4 rings (SSSR count). The highest BCUT2D eigenvalue weighted by atomic mass is 35.5. The minimum atomic E-state index is -0.261. The van der Waals surface area contributed by atoms with E-state index in [0.717, 1.165) is 10.9 Å². The first-order chi connectivity index (χ1) is 15.0. The Morgan fingerprint density at radius 3 is 2.29 bits per heavy atom. The van der Waals surface area contributed by atoms with Crippen LogP contribution in [0.2, 0.25) is 5.02 Å². The number of amides is 2. The molecule has 2 aromatic heterocycles. The van der Waals surface area contributed by atoms with E-state index in [2.05, 4.69) is 15.6 Å². The summed E-state index contributed by atoms with van der Waals surface area (Å²) in [5.74, 6) is -0.497. The molecule has 0 saturated carbocycles. The molecule has 2 aromatic carbocycles. The van der Waals surface area contributed by atoms with Gasteiger partial charge in [-0.15, -0.1) is 0 Å².